The number of methoxy groups -OCH3 is 1. The number of hydrogen-bond donors (Lipinski definition) is 1. The number of aliphatic hydroxyl groups is 1. The van der Waals surface area contributed by atoms with E-state index in [1.807, 2.05) is 45.0 Å². The van der Waals surface area contributed by atoms with Crippen LogP contribution in [-0.4, -0.2) is 35.4 Å². The topological polar surface area (TPSA) is 64.5 Å². The van der Waals surface area contributed by atoms with Crippen molar-refractivity contribution in [3.8, 4) is 5.88 Å². The van der Waals surface area contributed by atoms with Crippen LogP contribution < -0.4 is 4.74 Å². The Balaban J connectivity index is 2.43. The highest BCUT2D eigenvalue weighted by atomic mass is 16.5. The average Bonchev–Trinajstić information content (AvgIpc) is 2.54. The van der Waals surface area contributed by atoms with Gasteiger partial charge in [-0.05, 0) is 18.2 Å². The lowest BCUT2D eigenvalue weighted by molar-refractivity contribution is -0.0336. The summed E-state index contributed by atoms with van der Waals surface area (Å²) >= 11 is 0. The van der Waals surface area contributed by atoms with E-state index in [1.54, 1.807) is 25.4 Å². The number of ether oxygens (including phenoxy) is 2. The minimum atomic E-state index is -1.32. The van der Waals surface area contributed by atoms with Crippen LogP contribution >= 0.6 is 0 Å². The molecule has 0 spiro atoms. The van der Waals surface area contributed by atoms with Crippen molar-refractivity contribution < 1.29 is 14.6 Å². The highest BCUT2D eigenvalue weighted by Gasteiger charge is 2.45. The summed E-state index contributed by atoms with van der Waals surface area (Å²) < 4.78 is 10.5. The van der Waals surface area contributed by atoms with Gasteiger partial charge in [0.05, 0.1) is 18.0 Å². The van der Waals surface area contributed by atoms with E-state index in [9.17, 15) is 5.11 Å². The highest BCUT2D eigenvalue weighted by Crippen LogP contribution is 2.43. The second-order valence-electron chi connectivity index (χ2n) is 6.38. The zero-order valence-electron chi connectivity index (χ0n) is 14.1. The van der Waals surface area contributed by atoms with Gasteiger partial charge in [-0.3, -0.25) is 4.98 Å². The van der Waals surface area contributed by atoms with Gasteiger partial charge in [-0.15, -0.1) is 0 Å². The van der Waals surface area contributed by atoms with Gasteiger partial charge < -0.3 is 14.6 Å². The molecule has 23 heavy (non-hydrogen) atoms. The van der Waals surface area contributed by atoms with Crippen LogP contribution in [0.4, 0.5) is 0 Å². The lowest BCUT2D eigenvalue weighted by Crippen LogP contribution is -2.42. The number of hydrogen-bond acceptors (Lipinski definition) is 5. The van der Waals surface area contributed by atoms with Gasteiger partial charge in [-0.25, -0.2) is 4.98 Å². The molecule has 2 aromatic rings. The molecule has 1 N–H and O–H groups in total. The average molecular weight is 316 g/mol. The minimum Gasteiger partial charge on any atom is -0.475 e. The Bertz CT molecular complexity index is 626. The molecule has 0 fully saturated rings. The fraction of sp³-hybridized carbons (Fsp3) is 0.444. The lowest BCUT2D eigenvalue weighted by atomic mass is 9.72. The molecule has 0 aliphatic rings. The fourth-order valence-electron chi connectivity index (χ4n) is 2.40. The summed E-state index contributed by atoms with van der Waals surface area (Å²) in [5.74, 6) is 0.457. The molecular formula is C18H24N2O3. The van der Waals surface area contributed by atoms with Crippen LogP contribution in [0.5, 0.6) is 5.88 Å². The zero-order chi connectivity index (χ0) is 16.9. The van der Waals surface area contributed by atoms with Crippen molar-refractivity contribution in [2.24, 2.45) is 5.41 Å². The van der Waals surface area contributed by atoms with E-state index in [1.165, 1.54) is 0 Å². The monoisotopic (exact) mass is 316 g/mol. The van der Waals surface area contributed by atoms with Crippen molar-refractivity contribution >= 4 is 0 Å². The molecule has 124 valence electrons. The van der Waals surface area contributed by atoms with Crippen LogP contribution in [0.15, 0.2) is 42.6 Å². The van der Waals surface area contributed by atoms with E-state index in [4.69, 9.17) is 9.47 Å². The summed E-state index contributed by atoms with van der Waals surface area (Å²) in [6.07, 6.45) is 1.67. The predicted octanol–water partition coefficient (Wildman–Crippen LogP) is 2.78. The van der Waals surface area contributed by atoms with E-state index in [0.717, 1.165) is 0 Å². The first-order valence-electron chi connectivity index (χ1n) is 7.63. The standard InChI is InChI=1S/C18H24N2O3/c1-17(2,3)18(21,14-8-5-6-11-19-14)15-9-7-10-16(20-15)23-13-12-22-4/h5-11,21H,12-13H2,1-4H3. The van der Waals surface area contributed by atoms with Crippen molar-refractivity contribution in [2.45, 2.75) is 26.4 Å². The number of pyridine rings is 2. The molecule has 0 saturated carbocycles. The molecule has 0 bridgehead atoms. The summed E-state index contributed by atoms with van der Waals surface area (Å²) in [4.78, 5) is 8.84. The third kappa shape index (κ3) is 3.68. The summed E-state index contributed by atoms with van der Waals surface area (Å²) in [6.45, 7) is 6.77. The van der Waals surface area contributed by atoms with Crippen LogP contribution in [0.2, 0.25) is 0 Å². The van der Waals surface area contributed by atoms with Gasteiger partial charge in [0.25, 0.3) is 0 Å². The van der Waals surface area contributed by atoms with Crippen molar-refractivity contribution in [2.75, 3.05) is 20.3 Å². The molecule has 0 aromatic carbocycles. The van der Waals surface area contributed by atoms with Crippen molar-refractivity contribution in [1.82, 2.24) is 9.97 Å². The van der Waals surface area contributed by atoms with E-state index < -0.39 is 11.0 Å². The second-order valence-corrected chi connectivity index (χ2v) is 6.38. The molecule has 1 atom stereocenters. The number of rotatable bonds is 6. The highest BCUT2D eigenvalue weighted by molar-refractivity contribution is 5.32. The Kier molecular flexibility index (Phi) is 5.34. The Morgan fingerprint density at radius 1 is 1.00 bits per heavy atom. The van der Waals surface area contributed by atoms with Crippen molar-refractivity contribution in [3.05, 3.63) is 54.0 Å². The molecular weight excluding hydrogens is 292 g/mol. The SMILES string of the molecule is COCCOc1cccc(C(O)(c2ccccn2)C(C)(C)C)n1. The molecule has 5 heteroatoms. The first kappa shape index (κ1) is 17.4. The molecule has 2 heterocycles. The predicted molar refractivity (Wildman–Crippen MR) is 88.3 cm³/mol. The van der Waals surface area contributed by atoms with E-state index >= 15 is 0 Å². The molecule has 5 nitrogen and oxygen atoms in total. The van der Waals surface area contributed by atoms with Crippen LogP contribution in [0, 0.1) is 5.41 Å². The normalized spacial score (nSPS) is 14.3. The summed E-state index contributed by atoms with van der Waals surface area (Å²) in [6, 6.07) is 10.9. The van der Waals surface area contributed by atoms with Gasteiger partial charge in [-0.2, -0.15) is 0 Å². The molecule has 0 amide bonds. The van der Waals surface area contributed by atoms with Crippen LogP contribution in [-0.2, 0) is 10.3 Å². The van der Waals surface area contributed by atoms with E-state index in [-0.39, 0.29) is 0 Å². The molecule has 0 aliphatic heterocycles. The smallest absolute Gasteiger partial charge is 0.213 e. The van der Waals surface area contributed by atoms with Crippen LogP contribution in [0.1, 0.15) is 32.2 Å². The molecule has 0 radical (unpaired) electrons. The summed E-state index contributed by atoms with van der Waals surface area (Å²) in [5.41, 5.74) is -0.748. The quantitative estimate of drug-likeness (QED) is 0.830. The molecule has 1 unspecified atom stereocenters. The van der Waals surface area contributed by atoms with Gasteiger partial charge in [0.1, 0.15) is 6.61 Å². The molecule has 2 rings (SSSR count). The maximum absolute atomic E-state index is 11.5. The third-order valence-electron chi connectivity index (χ3n) is 3.75. The van der Waals surface area contributed by atoms with Crippen molar-refractivity contribution in [1.29, 1.82) is 0 Å². The van der Waals surface area contributed by atoms with Gasteiger partial charge in [-0.1, -0.05) is 32.9 Å². The van der Waals surface area contributed by atoms with Gasteiger partial charge in [0, 0.05) is 24.8 Å². The Morgan fingerprint density at radius 2 is 1.74 bits per heavy atom. The zero-order valence-corrected chi connectivity index (χ0v) is 14.1. The van der Waals surface area contributed by atoms with Gasteiger partial charge >= 0.3 is 0 Å². The molecule has 2 aromatic heterocycles. The Morgan fingerprint density at radius 3 is 2.35 bits per heavy atom. The van der Waals surface area contributed by atoms with Gasteiger partial charge in [0.15, 0.2) is 5.60 Å². The largest absolute Gasteiger partial charge is 0.475 e. The van der Waals surface area contributed by atoms with E-state index in [0.29, 0.717) is 30.5 Å². The first-order chi connectivity index (χ1) is 10.9. The summed E-state index contributed by atoms with van der Waals surface area (Å²) in [5, 5.41) is 11.5. The Hall–Kier alpha value is -1.98. The third-order valence-corrected chi connectivity index (χ3v) is 3.75. The van der Waals surface area contributed by atoms with E-state index in [2.05, 4.69) is 9.97 Å². The second kappa shape index (κ2) is 7.06. The number of nitrogens with zero attached hydrogens (tertiary/aromatic N) is 2. The fourth-order valence-corrected chi connectivity index (χ4v) is 2.40. The minimum absolute atomic E-state index is 0.407. The van der Waals surface area contributed by atoms with Crippen LogP contribution in [0.3, 0.4) is 0 Å². The van der Waals surface area contributed by atoms with Gasteiger partial charge in [0.2, 0.25) is 5.88 Å². The maximum atomic E-state index is 11.5. The van der Waals surface area contributed by atoms with Crippen LogP contribution in [0.25, 0.3) is 0 Å². The first-order valence-corrected chi connectivity index (χ1v) is 7.63. The Labute approximate surface area is 137 Å². The van der Waals surface area contributed by atoms with Crippen molar-refractivity contribution in [3.63, 3.8) is 0 Å². The molecule has 0 saturated heterocycles. The summed E-state index contributed by atoms with van der Waals surface area (Å²) in [7, 11) is 1.62. The lowest BCUT2D eigenvalue weighted by Gasteiger charge is -2.39. The number of aromatic nitrogens is 2. The maximum Gasteiger partial charge on any atom is 0.213 e. The molecule has 0 aliphatic carbocycles.